The standard InChI is InChI=1S/C34H35N5O4/c1-34(2,3)43-33(42)39-28-17-7-6-15-26(28)37-29(39)21-35-27-16-10-11-22-18-19-23(36-30(22)27)12-8-9-20-38-31(40)24-13-4-5-14-25(24)32(38)41/h4-9,13-15,17-19,27,35H,10-12,16,20-21H2,1-3H3. The van der Waals surface area contributed by atoms with E-state index in [1.807, 2.05) is 63.3 Å². The molecule has 0 saturated heterocycles. The Morgan fingerprint density at radius 3 is 2.44 bits per heavy atom. The Balaban J connectivity index is 1.14. The number of para-hydroxylation sites is 2. The average molecular weight is 578 g/mol. The number of carbonyl (C=O) groups excluding carboxylic acids is 3. The number of fused-ring (bicyclic) bond motifs is 3. The van der Waals surface area contributed by atoms with Gasteiger partial charge in [0.2, 0.25) is 0 Å². The fraction of sp³-hybridized carbons (Fsp3) is 0.324. The molecule has 2 aromatic carbocycles. The van der Waals surface area contributed by atoms with Crippen LogP contribution < -0.4 is 5.32 Å². The predicted molar refractivity (Wildman–Crippen MR) is 163 cm³/mol. The van der Waals surface area contributed by atoms with Gasteiger partial charge in [0.05, 0.1) is 40.4 Å². The lowest BCUT2D eigenvalue weighted by molar-refractivity contribution is 0.0537. The van der Waals surface area contributed by atoms with Crippen molar-refractivity contribution in [2.45, 2.75) is 64.6 Å². The third kappa shape index (κ3) is 5.85. The molecule has 0 spiro atoms. The summed E-state index contributed by atoms with van der Waals surface area (Å²) in [5.41, 5.74) is 4.87. The first-order valence-electron chi connectivity index (χ1n) is 14.7. The zero-order chi connectivity index (χ0) is 30.1. The summed E-state index contributed by atoms with van der Waals surface area (Å²) in [6, 6.07) is 18.7. The first-order chi connectivity index (χ1) is 20.7. The quantitative estimate of drug-likeness (QED) is 0.219. The molecule has 0 radical (unpaired) electrons. The van der Waals surface area contributed by atoms with Crippen LogP contribution in [-0.4, -0.2) is 49.5 Å². The molecule has 2 aliphatic rings. The van der Waals surface area contributed by atoms with Crippen molar-refractivity contribution in [2.75, 3.05) is 6.54 Å². The fourth-order valence-corrected chi connectivity index (χ4v) is 5.71. The van der Waals surface area contributed by atoms with Crippen LogP contribution in [0.15, 0.2) is 72.8 Å². The van der Waals surface area contributed by atoms with Gasteiger partial charge in [0.1, 0.15) is 11.4 Å². The Kier molecular flexibility index (Phi) is 7.66. The van der Waals surface area contributed by atoms with E-state index in [1.165, 1.54) is 10.5 Å². The third-order valence-corrected chi connectivity index (χ3v) is 7.71. The van der Waals surface area contributed by atoms with Gasteiger partial charge in [-0.2, -0.15) is 0 Å². The molecule has 1 aliphatic carbocycles. The van der Waals surface area contributed by atoms with Gasteiger partial charge >= 0.3 is 6.09 Å². The number of imide groups is 1. The molecule has 1 aliphatic heterocycles. The zero-order valence-electron chi connectivity index (χ0n) is 24.7. The number of amides is 2. The normalized spacial score (nSPS) is 16.6. The number of hydrogen-bond donors (Lipinski definition) is 1. The molecule has 2 amide bonds. The van der Waals surface area contributed by atoms with E-state index < -0.39 is 11.7 Å². The lowest BCUT2D eigenvalue weighted by Crippen LogP contribution is -2.31. The Hall–Kier alpha value is -4.63. The Morgan fingerprint density at radius 2 is 1.70 bits per heavy atom. The predicted octanol–water partition coefficient (Wildman–Crippen LogP) is 5.78. The van der Waals surface area contributed by atoms with Crippen molar-refractivity contribution in [1.82, 2.24) is 24.8 Å². The lowest BCUT2D eigenvalue weighted by Gasteiger charge is -2.26. The molecule has 43 heavy (non-hydrogen) atoms. The lowest BCUT2D eigenvalue weighted by atomic mass is 9.91. The summed E-state index contributed by atoms with van der Waals surface area (Å²) in [5, 5.41) is 3.61. The van der Waals surface area contributed by atoms with Gasteiger partial charge in [-0.05, 0) is 75.9 Å². The maximum atomic E-state index is 13.2. The number of nitrogens with one attached hydrogen (secondary N) is 1. The number of benzene rings is 2. The molecule has 1 atom stereocenters. The second kappa shape index (κ2) is 11.6. The van der Waals surface area contributed by atoms with Crippen molar-refractivity contribution in [2.24, 2.45) is 0 Å². The largest absolute Gasteiger partial charge is 0.443 e. The van der Waals surface area contributed by atoms with Crippen molar-refractivity contribution in [3.63, 3.8) is 0 Å². The SMILES string of the molecule is CC(C)(C)OC(=O)n1c(CNC2CCCc3ccc(CC=CCN4C(=O)c5ccccc5C4=O)nc32)nc2ccccc21. The number of aryl methyl sites for hydroxylation is 1. The smallest absolute Gasteiger partial charge is 0.420 e. The topological polar surface area (TPSA) is 106 Å². The van der Waals surface area contributed by atoms with Crippen molar-refractivity contribution in [1.29, 1.82) is 0 Å². The highest BCUT2D eigenvalue weighted by atomic mass is 16.6. The minimum absolute atomic E-state index is 0.0120. The Morgan fingerprint density at radius 1 is 0.977 bits per heavy atom. The van der Waals surface area contributed by atoms with Crippen LogP contribution in [0, 0.1) is 0 Å². The number of ether oxygens (including phenoxy) is 1. The van der Waals surface area contributed by atoms with Crippen molar-refractivity contribution in [3.05, 3.63) is 107 Å². The molecule has 9 nitrogen and oxygen atoms in total. The van der Waals surface area contributed by atoms with E-state index in [1.54, 1.807) is 28.8 Å². The molecule has 9 heteroatoms. The van der Waals surface area contributed by atoms with Crippen LogP contribution >= 0.6 is 0 Å². The zero-order valence-corrected chi connectivity index (χ0v) is 24.7. The third-order valence-electron chi connectivity index (χ3n) is 7.71. The van der Waals surface area contributed by atoms with Crippen LogP contribution in [0.1, 0.15) is 83.1 Å². The summed E-state index contributed by atoms with van der Waals surface area (Å²) in [5.74, 6) is 0.0763. The molecular weight excluding hydrogens is 542 g/mol. The molecule has 4 aromatic rings. The molecule has 0 saturated carbocycles. The van der Waals surface area contributed by atoms with E-state index in [0.717, 1.165) is 36.2 Å². The molecule has 0 bridgehead atoms. The maximum Gasteiger partial charge on any atom is 0.420 e. The number of imidazole rings is 1. The van der Waals surface area contributed by atoms with Gasteiger partial charge in [0, 0.05) is 18.7 Å². The highest BCUT2D eigenvalue weighted by molar-refractivity contribution is 6.21. The number of hydrogen-bond acceptors (Lipinski definition) is 7. The van der Waals surface area contributed by atoms with Crippen LogP contribution in [0.5, 0.6) is 0 Å². The van der Waals surface area contributed by atoms with Crippen LogP contribution in [0.2, 0.25) is 0 Å². The molecule has 1 unspecified atom stereocenters. The van der Waals surface area contributed by atoms with Gasteiger partial charge in [-0.1, -0.05) is 42.5 Å². The van der Waals surface area contributed by atoms with Crippen LogP contribution in [0.4, 0.5) is 4.79 Å². The fourth-order valence-electron chi connectivity index (χ4n) is 5.71. The molecule has 1 N–H and O–H groups in total. The maximum absolute atomic E-state index is 13.2. The summed E-state index contributed by atoms with van der Waals surface area (Å²) in [6.45, 7) is 6.15. The van der Waals surface area contributed by atoms with Gasteiger partial charge in [-0.3, -0.25) is 19.5 Å². The van der Waals surface area contributed by atoms with E-state index in [9.17, 15) is 14.4 Å². The Bertz CT molecular complexity index is 1710. The molecule has 3 heterocycles. The van der Waals surface area contributed by atoms with E-state index in [2.05, 4.69) is 11.4 Å². The molecule has 0 fully saturated rings. The summed E-state index contributed by atoms with van der Waals surface area (Å²) < 4.78 is 7.26. The van der Waals surface area contributed by atoms with Gasteiger partial charge in [0.15, 0.2) is 0 Å². The molecule has 220 valence electrons. The number of allylic oxidation sites excluding steroid dienone is 1. The Labute approximate surface area is 250 Å². The van der Waals surface area contributed by atoms with Crippen molar-refractivity contribution in [3.8, 4) is 0 Å². The van der Waals surface area contributed by atoms with Gasteiger partial charge < -0.3 is 10.1 Å². The number of carbonyl (C=O) groups is 3. The van der Waals surface area contributed by atoms with Crippen molar-refractivity contribution < 1.29 is 19.1 Å². The van der Waals surface area contributed by atoms with E-state index in [0.29, 0.717) is 35.4 Å². The minimum Gasteiger partial charge on any atom is -0.443 e. The highest BCUT2D eigenvalue weighted by Gasteiger charge is 2.34. The number of aromatic nitrogens is 3. The van der Waals surface area contributed by atoms with Crippen LogP contribution in [0.3, 0.4) is 0 Å². The second-order valence-electron chi connectivity index (χ2n) is 11.9. The van der Waals surface area contributed by atoms with Gasteiger partial charge in [-0.25, -0.2) is 14.3 Å². The minimum atomic E-state index is -0.630. The summed E-state index contributed by atoms with van der Waals surface area (Å²) in [4.78, 5) is 49.4. The highest BCUT2D eigenvalue weighted by Crippen LogP contribution is 2.29. The van der Waals surface area contributed by atoms with E-state index in [-0.39, 0.29) is 24.4 Å². The van der Waals surface area contributed by atoms with Crippen molar-refractivity contribution >= 4 is 28.9 Å². The average Bonchev–Trinajstić information content (AvgIpc) is 3.48. The first-order valence-corrected chi connectivity index (χ1v) is 14.7. The first kappa shape index (κ1) is 28.5. The second-order valence-corrected chi connectivity index (χ2v) is 11.9. The number of nitrogens with zero attached hydrogens (tertiary/aromatic N) is 4. The van der Waals surface area contributed by atoms with Gasteiger partial charge in [0.25, 0.3) is 11.8 Å². The molecular formula is C34H35N5O4. The monoisotopic (exact) mass is 577 g/mol. The summed E-state index contributed by atoms with van der Waals surface area (Å²) in [7, 11) is 0. The van der Waals surface area contributed by atoms with E-state index in [4.69, 9.17) is 14.7 Å². The van der Waals surface area contributed by atoms with Gasteiger partial charge in [-0.15, -0.1) is 0 Å². The summed E-state index contributed by atoms with van der Waals surface area (Å²) in [6.07, 6.45) is 6.85. The van der Waals surface area contributed by atoms with Crippen LogP contribution in [0.25, 0.3) is 11.0 Å². The van der Waals surface area contributed by atoms with E-state index >= 15 is 0 Å². The van der Waals surface area contributed by atoms with Crippen LogP contribution in [-0.2, 0) is 24.1 Å². The summed E-state index contributed by atoms with van der Waals surface area (Å²) >= 11 is 0. The molecule has 2 aromatic heterocycles. The molecule has 6 rings (SSSR count). The number of pyridine rings is 1. The number of rotatable bonds is 7.